The zero-order chi connectivity index (χ0) is 10.6. The third-order valence-electron chi connectivity index (χ3n) is 1.06. The predicted octanol–water partition coefficient (Wildman–Crippen LogP) is -0.878. The average molecular weight is 223 g/mol. The zero-order valence-electron chi connectivity index (χ0n) is 6.47. The third-order valence-corrected chi connectivity index (χ3v) is 1.78. The Bertz CT molecular complexity index is 304. The van der Waals surface area contributed by atoms with Crippen LogP contribution in [0.5, 0.6) is 0 Å². The maximum absolute atomic E-state index is 10.2. The lowest BCUT2D eigenvalue weighted by Crippen LogP contribution is -2.23. The minimum absolute atomic E-state index is 0.0177. The van der Waals surface area contributed by atoms with Crippen LogP contribution in [0.2, 0.25) is 0 Å². The number of carbonyl (C=O) groups is 2. The number of hydrogen-bond donors (Lipinski definition) is 0. The van der Waals surface area contributed by atoms with Gasteiger partial charge in [0.1, 0.15) is 0 Å². The molecule has 0 spiro atoms. The van der Waals surface area contributed by atoms with Crippen molar-refractivity contribution in [3.63, 3.8) is 0 Å². The van der Waals surface area contributed by atoms with Crippen LogP contribution in [-0.4, -0.2) is 11.9 Å². The van der Waals surface area contributed by atoms with E-state index >= 15 is 0 Å². The summed E-state index contributed by atoms with van der Waals surface area (Å²) in [7, 11) is 0. The molecule has 0 saturated carbocycles. The highest BCUT2D eigenvalue weighted by molar-refractivity contribution is 6.42. The highest BCUT2D eigenvalue weighted by Gasteiger charge is 1.99. The molecule has 0 aromatic rings. The van der Waals surface area contributed by atoms with Crippen molar-refractivity contribution in [1.29, 1.82) is 0 Å². The molecule has 0 atom stereocenters. The van der Waals surface area contributed by atoms with Crippen molar-refractivity contribution in [1.82, 2.24) is 0 Å². The molecule has 0 heterocycles. The summed E-state index contributed by atoms with van der Waals surface area (Å²) in [5, 5.41) is 19.0. The Labute approximate surface area is 84.1 Å². The Morgan fingerprint density at radius 3 is 1.92 bits per heavy atom. The van der Waals surface area contributed by atoms with E-state index < -0.39 is 22.0 Å². The Hall–Kier alpha value is -1.00. The molecular weight excluding hydrogens is 219 g/mol. The van der Waals surface area contributed by atoms with Gasteiger partial charge in [-0.3, -0.25) is 0 Å². The van der Waals surface area contributed by atoms with Crippen LogP contribution in [0.1, 0.15) is 6.92 Å². The first kappa shape index (κ1) is 12.0. The lowest BCUT2D eigenvalue weighted by molar-refractivity contribution is -0.299. The molecule has 0 rings (SSSR count). The molecule has 6 heteroatoms. The van der Waals surface area contributed by atoms with E-state index in [4.69, 9.17) is 23.2 Å². The van der Waals surface area contributed by atoms with Crippen molar-refractivity contribution in [2.45, 2.75) is 6.92 Å². The van der Waals surface area contributed by atoms with Gasteiger partial charge in [-0.1, -0.05) is 23.2 Å². The largest absolute Gasteiger partial charge is 0.544 e. The number of allylic oxidation sites excluding steroid dienone is 2. The first-order chi connectivity index (χ1) is 5.86. The fourth-order valence-corrected chi connectivity index (χ4v) is 0.692. The first-order valence-corrected chi connectivity index (χ1v) is 3.78. The van der Waals surface area contributed by atoms with Crippen LogP contribution in [0, 0.1) is 0 Å². The monoisotopic (exact) mass is 222 g/mol. The summed E-state index contributed by atoms with van der Waals surface area (Å²) in [5.41, 5.74) is -0.0177. The second-order valence-electron chi connectivity index (χ2n) is 2.06. The SMILES string of the molecule is CC(/C=C(/Cl)C(=O)[O-])=C(\Cl)C(=O)[O-]. The highest BCUT2D eigenvalue weighted by atomic mass is 35.5. The van der Waals surface area contributed by atoms with Gasteiger partial charge >= 0.3 is 0 Å². The van der Waals surface area contributed by atoms with Crippen molar-refractivity contribution in [3.8, 4) is 0 Å². The van der Waals surface area contributed by atoms with Crippen LogP contribution in [-0.2, 0) is 9.59 Å². The molecule has 0 fully saturated rings. The van der Waals surface area contributed by atoms with Crippen LogP contribution in [0.3, 0.4) is 0 Å². The molecule has 13 heavy (non-hydrogen) atoms. The summed E-state index contributed by atoms with van der Waals surface area (Å²) in [4.78, 5) is 20.2. The third kappa shape index (κ3) is 3.96. The quantitative estimate of drug-likeness (QED) is 0.459. The van der Waals surface area contributed by atoms with Crippen molar-refractivity contribution >= 4 is 35.1 Å². The summed E-state index contributed by atoms with van der Waals surface area (Å²) in [6, 6.07) is 0. The van der Waals surface area contributed by atoms with E-state index in [1.54, 1.807) is 0 Å². The molecule has 72 valence electrons. The van der Waals surface area contributed by atoms with Gasteiger partial charge in [-0.05, 0) is 18.6 Å². The van der Waals surface area contributed by atoms with Crippen molar-refractivity contribution < 1.29 is 19.8 Å². The molecule has 0 aromatic carbocycles. The second-order valence-corrected chi connectivity index (χ2v) is 2.85. The van der Waals surface area contributed by atoms with Gasteiger partial charge in [0.2, 0.25) is 0 Å². The lowest BCUT2D eigenvalue weighted by atomic mass is 10.2. The number of carboxylic acids is 2. The average Bonchev–Trinajstić information content (AvgIpc) is 2.02. The standard InChI is InChI=1S/C7H6Cl2O4/c1-3(5(9)7(12)13)2-4(8)6(10)11/h2H,1H3,(H,10,11)(H,12,13)/p-2/b4-2+,5-3+. The van der Waals surface area contributed by atoms with Crippen molar-refractivity contribution in [2.24, 2.45) is 0 Å². The smallest absolute Gasteiger partial charge is 0.0832 e. The maximum Gasteiger partial charge on any atom is 0.0832 e. The second kappa shape index (κ2) is 4.89. The van der Waals surface area contributed by atoms with E-state index in [1.165, 1.54) is 6.92 Å². The van der Waals surface area contributed by atoms with Gasteiger partial charge in [-0.2, -0.15) is 0 Å². The van der Waals surface area contributed by atoms with Crippen molar-refractivity contribution in [2.75, 3.05) is 0 Å². The molecule has 0 aliphatic carbocycles. The maximum atomic E-state index is 10.2. The Morgan fingerprint density at radius 1 is 1.15 bits per heavy atom. The molecule has 0 aliphatic rings. The molecule has 0 saturated heterocycles. The summed E-state index contributed by atoms with van der Waals surface area (Å²) in [5.74, 6) is -3.21. The molecule has 0 aliphatic heterocycles. The van der Waals surface area contributed by atoms with Gasteiger partial charge in [-0.25, -0.2) is 0 Å². The van der Waals surface area contributed by atoms with Gasteiger partial charge in [-0.15, -0.1) is 0 Å². The highest BCUT2D eigenvalue weighted by Crippen LogP contribution is 2.13. The molecule has 0 aromatic heterocycles. The molecule has 0 N–H and O–H groups in total. The van der Waals surface area contributed by atoms with Crippen LogP contribution >= 0.6 is 23.2 Å². The molecule has 0 bridgehead atoms. The number of carbonyl (C=O) groups excluding carboxylic acids is 2. The minimum atomic E-state index is -1.61. The predicted molar refractivity (Wildman–Crippen MR) is 42.5 cm³/mol. The number of aliphatic carboxylic acids is 2. The van der Waals surface area contributed by atoms with Crippen molar-refractivity contribution in [3.05, 3.63) is 21.7 Å². The van der Waals surface area contributed by atoms with Crippen LogP contribution in [0.25, 0.3) is 0 Å². The Morgan fingerprint density at radius 2 is 1.62 bits per heavy atom. The molecule has 4 nitrogen and oxygen atoms in total. The van der Waals surface area contributed by atoms with E-state index in [9.17, 15) is 19.8 Å². The van der Waals surface area contributed by atoms with Gasteiger partial charge in [0, 0.05) is 0 Å². The summed E-state index contributed by atoms with van der Waals surface area (Å²) in [6.07, 6.45) is 0.870. The van der Waals surface area contributed by atoms with E-state index in [1.807, 2.05) is 0 Å². The topological polar surface area (TPSA) is 80.3 Å². The molecular formula is C7H4Cl2O4-2. The summed E-state index contributed by atoms with van der Waals surface area (Å²) in [6.45, 7) is 1.28. The van der Waals surface area contributed by atoms with E-state index in [-0.39, 0.29) is 5.57 Å². The fourth-order valence-electron chi connectivity index (χ4n) is 0.473. The van der Waals surface area contributed by atoms with Gasteiger partial charge in [0.15, 0.2) is 0 Å². The number of rotatable bonds is 3. The van der Waals surface area contributed by atoms with E-state index in [0.29, 0.717) is 0 Å². The van der Waals surface area contributed by atoms with Crippen LogP contribution < -0.4 is 10.2 Å². The minimum Gasteiger partial charge on any atom is -0.544 e. The van der Waals surface area contributed by atoms with E-state index in [0.717, 1.165) is 6.08 Å². The number of halogens is 2. The summed E-state index contributed by atoms with van der Waals surface area (Å²) < 4.78 is 0. The van der Waals surface area contributed by atoms with Crippen LogP contribution in [0.15, 0.2) is 21.7 Å². The van der Waals surface area contributed by atoms with Crippen LogP contribution in [0.4, 0.5) is 0 Å². The number of hydrogen-bond acceptors (Lipinski definition) is 4. The molecule has 0 unspecified atom stereocenters. The van der Waals surface area contributed by atoms with E-state index in [2.05, 4.69) is 0 Å². The van der Waals surface area contributed by atoms with Gasteiger partial charge < -0.3 is 19.8 Å². The van der Waals surface area contributed by atoms with Gasteiger partial charge in [0.25, 0.3) is 0 Å². The molecule has 0 radical (unpaired) electrons. The number of carboxylic acid groups (broad SMARTS) is 2. The normalized spacial score (nSPS) is 13.6. The Balaban J connectivity index is 4.92. The first-order valence-electron chi connectivity index (χ1n) is 3.02. The van der Waals surface area contributed by atoms with Gasteiger partial charge in [0.05, 0.1) is 22.0 Å². The molecule has 0 amide bonds. The fraction of sp³-hybridized carbons (Fsp3) is 0.143. The Kier molecular flexibility index (Phi) is 4.51. The summed E-state index contributed by atoms with van der Waals surface area (Å²) >= 11 is 10.4. The zero-order valence-corrected chi connectivity index (χ0v) is 7.98. The lowest BCUT2D eigenvalue weighted by Gasteiger charge is -2.03.